The Morgan fingerprint density at radius 3 is 2.23 bits per heavy atom. The fourth-order valence-electron chi connectivity index (χ4n) is 4.54. The van der Waals surface area contributed by atoms with E-state index in [9.17, 15) is 24.0 Å². The van der Waals surface area contributed by atoms with Gasteiger partial charge in [0.15, 0.2) is 0 Å². The molecule has 6 atom stereocenters. The maximum atomic E-state index is 13.4. The highest BCUT2D eigenvalue weighted by Gasteiger charge is 2.35. The second-order valence-electron chi connectivity index (χ2n) is 10.7. The third-order valence-corrected chi connectivity index (χ3v) is 7.21. The molecule has 1 saturated heterocycles. The highest BCUT2D eigenvalue weighted by molar-refractivity contribution is 5.96. The summed E-state index contributed by atoms with van der Waals surface area (Å²) in [6.45, 7) is 7.91. The fraction of sp³-hybridized carbons (Fsp3) is 0.621. The van der Waals surface area contributed by atoms with E-state index in [1.165, 1.54) is 0 Å². The zero-order valence-electron chi connectivity index (χ0n) is 23.5. The van der Waals surface area contributed by atoms with Gasteiger partial charge in [0.1, 0.15) is 24.2 Å². The van der Waals surface area contributed by atoms with E-state index in [4.69, 9.17) is 10.5 Å². The van der Waals surface area contributed by atoms with Crippen molar-refractivity contribution in [2.45, 2.75) is 103 Å². The fourth-order valence-corrected chi connectivity index (χ4v) is 4.54. The molecule has 1 heterocycles. The largest absolute Gasteiger partial charge is 0.460 e. The van der Waals surface area contributed by atoms with Gasteiger partial charge in [-0.1, -0.05) is 77.3 Å². The zero-order valence-corrected chi connectivity index (χ0v) is 23.5. The van der Waals surface area contributed by atoms with Gasteiger partial charge in [-0.3, -0.25) is 19.2 Å². The van der Waals surface area contributed by atoms with Crippen LogP contribution < -0.4 is 21.7 Å². The topological polar surface area (TPSA) is 157 Å². The maximum Gasteiger partial charge on any atom is 0.328 e. The summed E-state index contributed by atoms with van der Waals surface area (Å²) in [6.07, 6.45) is 2.51. The minimum absolute atomic E-state index is 0.0808. The Bertz CT molecular complexity index is 985. The second kappa shape index (κ2) is 15.9. The number of unbranched alkanes of at least 4 members (excludes halogenated alkanes) is 1. The van der Waals surface area contributed by atoms with Gasteiger partial charge in [0.2, 0.25) is 23.6 Å². The predicted octanol–water partition coefficient (Wildman–Crippen LogP) is 2.14. The molecule has 0 aliphatic carbocycles. The van der Waals surface area contributed by atoms with Crippen molar-refractivity contribution >= 4 is 29.6 Å². The number of rotatable bonds is 11. The number of nitrogens with one attached hydrogen (secondary N) is 3. The molecule has 0 bridgehead atoms. The molecule has 2 rings (SSSR count). The molecular weight excluding hydrogens is 500 g/mol. The Hall–Kier alpha value is -3.43. The van der Waals surface area contributed by atoms with Gasteiger partial charge in [0.25, 0.3) is 0 Å². The molecule has 0 spiro atoms. The Morgan fingerprint density at radius 2 is 1.62 bits per heavy atom. The lowest BCUT2D eigenvalue weighted by Crippen LogP contribution is -2.57. The Balaban J connectivity index is 2.46. The number of nitrogens with two attached hydrogens (primary N) is 1. The normalized spacial score (nSPS) is 24.5. The van der Waals surface area contributed by atoms with Crippen molar-refractivity contribution in [2.24, 2.45) is 17.6 Å². The van der Waals surface area contributed by atoms with E-state index in [1.54, 1.807) is 0 Å². The van der Waals surface area contributed by atoms with E-state index in [0.717, 1.165) is 31.2 Å². The number of benzene rings is 1. The Kier molecular flexibility index (Phi) is 12.9. The minimum Gasteiger partial charge on any atom is -0.460 e. The highest BCUT2D eigenvalue weighted by Crippen LogP contribution is 2.21. The molecule has 0 aromatic heterocycles. The molecule has 1 aromatic rings. The molecule has 0 saturated carbocycles. The minimum atomic E-state index is -1.32. The number of cyclic esters (lactones) is 1. The second-order valence-corrected chi connectivity index (χ2v) is 10.7. The van der Waals surface area contributed by atoms with E-state index in [0.29, 0.717) is 6.42 Å². The predicted molar refractivity (Wildman–Crippen MR) is 147 cm³/mol. The third-order valence-electron chi connectivity index (χ3n) is 7.21. The molecule has 1 aliphatic heterocycles. The van der Waals surface area contributed by atoms with E-state index in [-0.39, 0.29) is 24.7 Å². The maximum absolute atomic E-state index is 13.4. The van der Waals surface area contributed by atoms with E-state index in [2.05, 4.69) is 22.9 Å². The van der Waals surface area contributed by atoms with E-state index in [1.807, 2.05) is 51.1 Å². The van der Waals surface area contributed by atoms with Crippen LogP contribution in [0.2, 0.25) is 0 Å². The van der Waals surface area contributed by atoms with E-state index < -0.39 is 60.2 Å². The summed E-state index contributed by atoms with van der Waals surface area (Å²) in [5.74, 6) is -3.27. The molecule has 0 radical (unpaired) electrons. The molecule has 4 amide bonds. The molecule has 1 fully saturated rings. The summed E-state index contributed by atoms with van der Waals surface area (Å²) in [4.78, 5) is 65.0. The number of hydrogen-bond donors (Lipinski definition) is 4. The van der Waals surface area contributed by atoms with Crippen LogP contribution in [0.15, 0.2) is 30.3 Å². The molecule has 10 heteroatoms. The molecule has 5 N–H and O–H groups in total. The standard InChI is InChI=1S/C29H44N4O6/c1-5-7-11-19(4)24-17-26(35)31-21(15-20-12-9-8-10-13-20)27(36)32-22(16-25(30)34)28(37)33-23(29(38)39-24)14-18(3)6-2/h8-10,12-13,18-19,21-24H,5-7,11,14-17H2,1-4H3,(H2,30,34)(H,31,35)(H,32,36)(H,33,37)/t18-,19+,21-,22+,23-,24+/m1/s1. The monoisotopic (exact) mass is 544 g/mol. The van der Waals surface area contributed by atoms with Crippen molar-refractivity contribution in [1.29, 1.82) is 0 Å². The number of amides is 4. The van der Waals surface area contributed by atoms with Crippen molar-refractivity contribution < 1.29 is 28.7 Å². The van der Waals surface area contributed by atoms with Crippen LogP contribution in [-0.4, -0.2) is 53.8 Å². The van der Waals surface area contributed by atoms with Gasteiger partial charge in [-0.15, -0.1) is 0 Å². The van der Waals surface area contributed by atoms with Crippen LogP contribution in [0.1, 0.15) is 78.2 Å². The first kappa shape index (κ1) is 31.8. The third kappa shape index (κ3) is 10.7. The van der Waals surface area contributed by atoms with Crippen LogP contribution in [0, 0.1) is 11.8 Å². The number of hydrogen-bond acceptors (Lipinski definition) is 6. The molecule has 0 unspecified atom stereocenters. The summed E-state index contributed by atoms with van der Waals surface area (Å²) in [6, 6.07) is 5.77. The molecular formula is C29H44N4O6. The van der Waals surface area contributed by atoms with Crippen molar-refractivity contribution in [2.75, 3.05) is 0 Å². The number of ether oxygens (including phenoxy) is 1. The van der Waals surface area contributed by atoms with E-state index >= 15 is 0 Å². The van der Waals surface area contributed by atoms with Gasteiger partial charge in [0.05, 0.1) is 12.8 Å². The van der Waals surface area contributed by atoms with Crippen LogP contribution in [0.4, 0.5) is 0 Å². The first-order valence-electron chi connectivity index (χ1n) is 14.0. The van der Waals surface area contributed by atoms with Crippen LogP contribution in [0.5, 0.6) is 0 Å². The highest BCUT2D eigenvalue weighted by atomic mass is 16.5. The van der Waals surface area contributed by atoms with Gasteiger partial charge in [0, 0.05) is 6.42 Å². The van der Waals surface area contributed by atoms with Gasteiger partial charge in [-0.2, -0.15) is 0 Å². The van der Waals surface area contributed by atoms with Crippen molar-refractivity contribution in [3.8, 4) is 0 Å². The SMILES string of the molecule is CCCC[C@H](C)[C@@H]1CC(=O)N[C@H](Cc2ccccc2)C(=O)N[C@@H](CC(N)=O)C(=O)N[C@H](C[C@H](C)CC)C(=O)O1. The van der Waals surface area contributed by atoms with Gasteiger partial charge in [-0.05, 0) is 30.2 Å². The van der Waals surface area contributed by atoms with Crippen LogP contribution in [0.3, 0.4) is 0 Å². The van der Waals surface area contributed by atoms with Crippen molar-refractivity contribution in [3.05, 3.63) is 35.9 Å². The van der Waals surface area contributed by atoms with Crippen molar-refractivity contribution in [1.82, 2.24) is 16.0 Å². The Labute approximate surface area is 231 Å². The summed E-state index contributed by atoms with van der Waals surface area (Å²) in [7, 11) is 0. The summed E-state index contributed by atoms with van der Waals surface area (Å²) < 4.78 is 5.88. The lowest BCUT2D eigenvalue weighted by molar-refractivity contribution is -0.157. The molecule has 10 nitrogen and oxygen atoms in total. The molecule has 216 valence electrons. The van der Waals surface area contributed by atoms with Crippen LogP contribution in [0.25, 0.3) is 0 Å². The summed E-state index contributed by atoms with van der Waals surface area (Å²) in [5.41, 5.74) is 6.17. The average Bonchev–Trinajstić information content (AvgIpc) is 2.90. The number of primary amides is 1. The molecule has 1 aliphatic rings. The van der Waals surface area contributed by atoms with Gasteiger partial charge in [-0.25, -0.2) is 4.79 Å². The lowest BCUT2D eigenvalue weighted by atomic mass is 9.94. The first-order chi connectivity index (χ1) is 18.5. The molecule has 1 aromatic carbocycles. The van der Waals surface area contributed by atoms with Gasteiger partial charge < -0.3 is 26.4 Å². The Morgan fingerprint density at radius 1 is 0.974 bits per heavy atom. The average molecular weight is 545 g/mol. The number of esters is 1. The quantitative estimate of drug-likeness (QED) is 0.313. The molecule has 39 heavy (non-hydrogen) atoms. The lowest BCUT2D eigenvalue weighted by Gasteiger charge is -2.28. The van der Waals surface area contributed by atoms with Gasteiger partial charge >= 0.3 is 5.97 Å². The summed E-state index contributed by atoms with van der Waals surface area (Å²) in [5, 5.41) is 8.02. The number of carbonyl (C=O) groups excluding carboxylic acids is 5. The van der Waals surface area contributed by atoms with Crippen LogP contribution in [-0.2, 0) is 35.1 Å². The van der Waals surface area contributed by atoms with Crippen molar-refractivity contribution in [3.63, 3.8) is 0 Å². The number of carbonyl (C=O) groups is 5. The van der Waals surface area contributed by atoms with Crippen LogP contribution >= 0.6 is 0 Å². The summed E-state index contributed by atoms with van der Waals surface area (Å²) >= 11 is 0. The smallest absolute Gasteiger partial charge is 0.328 e. The first-order valence-corrected chi connectivity index (χ1v) is 14.0. The zero-order chi connectivity index (χ0) is 28.9.